The predicted octanol–water partition coefficient (Wildman–Crippen LogP) is 3.79. The molecule has 1 aliphatic carbocycles. The molecular formula is C18H28N2S. The van der Waals surface area contributed by atoms with Gasteiger partial charge in [-0.05, 0) is 61.4 Å². The Balaban J connectivity index is 1.74. The largest absolute Gasteiger partial charge is 0.384 e. The molecule has 0 radical (unpaired) electrons. The number of hydrogen-bond donors (Lipinski definition) is 1. The second-order valence-electron chi connectivity index (χ2n) is 7.00. The molecule has 0 spiro atoms. The molecule has 3 aliphatic rings. The van der Waals surface area contributed by atoms with E-state index in [2.05, 4.69) is 61.1 Å². The van der Waals surface area contributed by atoms with Crippen LogP contribution in [0.3, 0.4) is 0 Å². The highest BCUT2D eigenvalue weighted by Crippen LogP contribution is 2.34. The fraction of sp³-hybridized carbons (Fsp3) is 0.667. The molecule has 2 saturated heterocycles. The molecule has 2 heterocycles. The molecule has 2 bridgehead atoms. The lowest BCUT2D eigenvalue weighted by Crippen LogP contribution is -2.42. The summed E-state index contributed by atoms with van der Waals surface area (Å²) < 4.78 is 0. The first-order valence-corrected chi connectivity index (χ1v) is 9.29. The number of fused-ring (bicyclic) bond motifs is 2. The molecule has 1 N–H and O–H groups in total. The average Bonchev–Trinajstić information content (AvgIpc) is 2.79. The first kappa shape index (κ1) is 15.2. The Morgan fingerprint density at radius 2 is 2.00 bits per heavy atom. The van der Waals surface area contributed by atoms with E-state index in [-0.39, 0.29) is 0 Å². The van der Waals surface area contributed by atoms with Crippen LogP contribution in [0.2, 0.25) is 0 Å². The predicted molar refractivity (Wildman–Crippen MR) is 93.3 cm³/mol. The maximum atomic E-state index is 3.90. The van der Waals surface area contributed by atoms with Crippen molar-refractivity contribution >= 4 is 11.8 Å². The van der Waals surface area contributed by atoms with Crippen LogP contribution in [-0.4, -0.2) is 36.8 Å². The Morgan fingerprint density at radius 1 is 1.24 bits per heavy atom. The van der Waals surface area contributed by atoms with Gasteiger partial charge in [0.1, 0.15) is 0 Å². The molecule has 2 aliphatic heterocycles. The Morgan fingerprint density at radius 3 is 2.71 bits per heavy atom. The highest BCUT2D eigenvalue weighted by atomic mass is 32.2. The molecule has 3 heteroatoms. The van der Waals surface area contributed by atoms with E-state index in [9.17, 15) is 0 Å². The molecule has 2 fully saturated rings. The van der Waals surface area contributed by atoms with E-state index in [1.807, 2.05) is 0 Å². The van der Waals surface area contributed by atoms with Crippen LogP contribution in [0.5, 0.6) is 0 Å². The van der Waals surface area contributed by atoms with Gasteiger partial charge >= 0.3 is 0 Å². The van der Waals surface area contributed by atoms with Crippen LogP contribution in [0.15, 0.2) is 34.4 Å². The van der Waals surface area contributed by atoms with Crippen molar-refractivity contribution in [1.29, 1.82) is 0 Å². The first-order valence-electron chi connectivity index (χ1n) is 8.31. The van der Waals surface area contributed by atoms with Crippen molar-refractivity contribution in [3.63, 3.8) is 0 Å². The third kappa shape index (κ3) is 3.75. The van der Waals surface area contributed by atoms with Crippen molar-refractivity contribution in [2.45, 2.75) is 39.2 Å². The quantitative estimate of drug-likeness (QED) is 0.835. The van der Waals surface area contributed by atoms with E-state index in [0.717, 1.165) is 12.3 Å². The summed E-state index contributed by atoms with van der Waals surface area (Å²) in [6.07, 6.45) is 10.9. The van der Waals surface area contributed by atoms with Gasteiger partial charge in [0.15, 0.2) is 0 Å². The number of thioether (sulfide) groups is 1. The van der Waals surface area contributed by atoms with E-state index >= 15 is 0 Å². The van der Waals surface area contributed by atoms with Crippen molar-refractivity contribution in [3.8, 4) is 0 Å². The normalized spacial score (nSPS) is 28.2. The van der Waals surface area contributed by atoms with Crippen molar-refractivity contribution in [2.24, 2.45) is 11.8 Å². The second kappa shape index (κ2) is 6.62. The maximum Gasteiger partial charge on any atom is 0.0381 e. The van der Waals surface area contributed by atoms with Gasteiger partial charge in [0.05, 0.1) is 0 Å². The van der Waals surface area contributed by atoms with Gasteiger partial charge in [-0.3, -0.25) is 0 Å². The summed E-state index contributed by atoms with van der Waals surface area (Å²) >= 11 is 2.07. The van der Waals surface area contributed by atoms with Crippen LogP contribution in [-0.2, 0) is 0 Å². The van der Waals surface area contributed by atoms with Crippen molar-refractivity contribution in [2.75, 3.05) is 25.9 Å². The molecule has 116 valence electrons. The van der Waals surface area contributed by atoms with E-state index in [1.165, 1.54) is 47.9 Å². The second-order valence-corrected chi connectivity index (χ2v) is 8.15. The SMILES string of the molecule is CC(C)C1=CC=C2CC(=C1)NC(C1CCN(C)CC1)CS2. The van der Waals surface area contributed by atoms with E-state index < -0.39 is 0 Å². The summed E-state index contributed by atoms with van der Waals surface area (Å²) in [7, 11) is 2.25. The number of hydrogen-bond acceptors (Lipinski definition) is 3. The lowest BCUT2D eigenvalue weighted by molar-refractivity contribution is 0.195. The lowest BCUT2D eigenvalue weighted by atomic mass is 9.90. The fourth-order valence-corrected chi connectivity index (χ4v) is 4.62. The summed E-state index contributed by atoms with van der Waals surface area (Å²) in [6.45, 7) is 7.08. The van der Waals surface area contributed by atoms with Crippen molar-refractivity contribution < 1.29 is 0 Å². The number of piperidine rings is 1. The molecule has 1 unspecified atom stereocenters. The topological polar surface area (TPSA) is 15.3 Å². The number of rotatable bonds is 2. The molecule has 1 atom stereocenters. The zero-order valence-electron chi connectivity index (χ0n) is 13.6. The summed E-state index contributed by atoms with van der Waals surface area (Å²) in [5.41, 5.74) is 2.89. The number of nitrogens with zero attached hydrogens (tertiary/aromatic N) is 1. The molecule has 21 heavy (non-hydrogen) atoms. The van der Waals surface area contributed by atoms with Crippen LogP contribution in [0.1, 0.15) is 33.1 Å². The standard InChI is InChI=1S/C18H28N2S/c1-13(2)15-4-5-17-11-16(10-15)19-18(12-21-17)14-6-8-20(3)9-7-14/h4-5,10,13-14,18-19H,6-9,11-12H2,1-3H3. The van der Waals surface area contributed by atoms with Gasteiger partial charge in [0.25, 0.3) is 0 Å². The van der Waals surface area contributed by atoms with E-state index in [1.54, 1.807) is 0 Å². The zero-order chi connectivity index (χ0) is 14.8. The van der Waals surface area contributed by atoms with Gasteiger partial charge in [-0.1, -0.05) is 26.0 Å². The van der Waals surface area contributed by atoms with Crippen LogP contribution in [0.4, 0.5) is 0 Å². The average molecular weight is 305 g/mol. The third-order valence-corrected chi connectivity index (χ3v) is 6.16. The van der Waals surface area contributed by atoms with Gasteiger partial charge in [-0.15, -0.1) is 11.8 Å². The molecule has 2 nitrogen and oxygen atoms in total. The molecular weight excluding hydrogens is 276 g/mol. The van der Waals surface area contributed by atoms with Gasteiger partial charge in [0.2, 0.25) is 0 Å². The van der Waals surface area contributed by atoms with Crippen LogP contribution >= 0.6 is 11.8 Å². The smallest absolute Gasteiger partial charge is 0.0381 e. The summed E-state index contributed by atoms with van der Waals surface area (Å²) in [5.74, 6) is 2.66. The summed E-state index contributed by atoms with van der Waals surface area (Å²) in [4.78, 5) is 3.99. The first-order chi connectivity index (χ1) is 10.1. The van der Waals surface area contributed by atoms with Crippen LogP contribution in [0.25, 0.3) is 0 Å². The minimum absolute atomic E-state index is 0.601. The Bertz CT molecular complexity index is 468. The highest BCUT2D eigenvalue weighted by molar-refractivity contribution is 8.03. The van der Waals surface area contributed by atoms with Crippen molar-refractivity contribution in [1.82, 2.24) is 10.2 Å². The summed E-state index contributed by atoms with van der Waals surface area (Å²) in [5, 5.41) is 3.90. The minimum Gasteiger partial charge on any atom is -0.384 e. The maximum absolute atomic E-state index is 3.90. The van der Waals surface area contributed by atoms with Gasteiger partial charge in [0, 0.05) is 23.9 Å². The van der Waals surface area contributed by atoms with Gasteiger partial charge in [-0.2, -0.15) is 0 Å². The van der Waals surface area contributed by atoms with Crippen LogP contribution < -0.4 is 5.32 Å². The monoisotopic (exact) mass is 304 g/mol. The number of likely N-dealkylation sites (tertiary alicyclic amines) is 1. The Kier molecular flexibility index (Phi) is 4.80. The van der Waals surface area contributed by atoms with E-state index in [0.29, 0.717) is 12.0 Å². The van der Waals surface area contributed by atoms with Crippen molar-refractivity contribution in [3.05, 3.63) is 34.4 Å². The molecule has 0 amide bonds. The Labute approximate surface area is 133 Å². The highest BCUT2D eigenvalue weighted by Gasteiger charge is 2.28. The third-order valence-electron chi connectivity index (χ3n) is 4.99. The zero-order valence-corrected chi connectivity index (χ0v) is 14.4. The number of allylic oxidation sites excluding steroid dienone is 5. The molecule has 0 aromatic heterocycles. The number of nitrogens with one attached hydrogen (secondary N) is 1. The van der Waals surface area contributed by atoms with Gasteiger partial charge < -0.3 is 10.2 Å². The minimum atomic E-state index is 0.601. The molecule has 0 aromatic carbocycles. The lowest BCUT2D eigenvalue weighted by Gasteiger charge is -2.34. The van der Waals surface area contributed by atoms with E-state index in [4.69, 9.17) is 0 Å². The fourth-order valence-electron chi connectivity index (χ4n) is 3.45. The molecule has 0 saturated carbocycles. The molecule has 3 rings (SSSR count). The van der Waals surface area contributed by atoms with Gasteiger partial charge in [-0.25, -0.2) is 0 Å². The van der Waals surface area contributed by atoms with Crippen LogP contribution in [0, 0.1) is 11.8 Å². The Hall–Kier alpha value is -0.670. The summed E-state index contributed by atoms with van der Waals surface area (Å²) in [6, 6.07) is 0.646. The molecule has 0 aromatic rings.